The molecule has 1 unspecified atom stereocenters. The van der Waals surface area contributed by atoms with Gasteiger partial charge in [-0.2, -0.15) is 0 Å². The first kappa shape index (κ1) is 17.7. The van der Waals surface area contributed by atoms with E-state index in [0.717, 1.165) is 20.0 Å². The van der Waals surface area contributed by atoms with Gasteiger partial charge in [-0.15, -0.1) is 0 Å². The summed E-state index contributed by atoms with van der Waals surface area (Å²) in [6.07, 6.45) is -0.387. The third kappa shape index (κ3) is 7.24. The van der Waals surface area contributed by atoms with E-state index in [-0.39, 0.29) is 12.3 Å². The van der Waals surface area contributed by atoms with Crippen molar-refractivity contribution in [3.63, 3.8) is 0 Å². The lowest BCUT2D eigenvalue weighted by Gasteiger charge is -2.25. The number of ether oxygens (including phenoxy) is 2. The number of alkyl carbamates (subject to hydrolysis) is 1. The highest BCUT2D eigenvalue weighted by Gasteiger charge is 2.41. The number of hydrogen-bond acceptors (Lipinski definition) is 4. The van der Waals surface area contributed by atoms with Crippen LogP contribution < -0.4 is 5.32 Å². The van der Waals surface area contributed by atoms with Crippen LogP contribution in [0.4, 0.5) is 13.6 Å². The number of alkyl halides is 2. The second-order valence-corrected chi connectivity index (χ2v) is 6.43. The molecule has 1 fully saturated rings. The Morgan fingerprint density at radius 3 is 2.29 bits per heavy atom. The summed E-state index contributed by atoms with van der Waals surface area (Å²) in [6.45, 7) is 4.92. The molecule has 1 aliphatic rings. The summed E-state index contributed by atoms with van der Waals surface area (Å²) in [5, 5.41) is 2.16. The summed E-state index contributed by atoms with van der Waals surface area (Å²) in [5.74, 6) is -3.91. The van der Waals surface area contributed by atoms with Gasteiger partial charge in [0.25, 0.3) is 5.92 Å². The van der Waals surface area contributed by atoms with Crippen LogP contribution in [0.5, 0.6) is 0 Å². The predicted octanol–water partition coefficient (Wildman–Crippen LogP) is 2.88. The van der Waals surface area contributed by atoms with E-state index in [1.165, 1.54) is 0 Å². The molecule has 21 heavy (non-hydrogen) atoms. The lowest BCUT2D eigenvalue weighted by Crippen LogP contribution is -2.46. The maximum atomic E-state index is 13.8. The van der Waals surface area contributed by atoms with Gasteiger partial charge in [-0.1, -0.05) is 0 Å². The molecule has 1 rings (SSSR count). The molecule has 0 radical (unpaired) electrons. The van der Waals surface area contributed by atoms with E-state index in [4.69, 9.17) is 4.74 Å². The fourth-order valence-electron chi connectivity index (χ4n) is 1.91. The Hall–Kier alpha value is -1.40. The summed E-state index contributed by atoms with van der Waals surface area (Å²) in [4.78, 5) is 23.2. The molecular formula is C14H23F2NO4. The van der Waals surface area contributed by atoms with E-state index in [9.17, 15) is 18.4 Å². The zero-order valence-electron chi connectivity index (χ0n) is 12.9. The SMILES string of the molecule is COC(=O)C(CC(F)(F)CC1CC1)NC(=O)OC(C)(C)C. The molecule has 0 aromatic carbocycles. The third-order valence-corrected chi connectivity index (χ3v) is 2.96. The van der Waals surface area contributed by atoms with Gasteiger partial charge in [-0.05, 0) is 39.5 Å². The summed E-state index contributed by atoms with van der Waals surface area (Å²) in [7, 11) is 1.09. The van der Waals surface area contributed by atoms with Crippen molar-refractivity contribution in [2.75, 3.05) is 7.11 Å². The van der Waals surface area contributed by atoms with Crippen molar-refractivity contribution in [1.82, 2.24) is 5.32 Å². The zero-order valence-corrected chi connectivity index (χ0v) is 12.9. The van der Waals surface area contributed by atoms with Crippen LogP contribution in [0.15, 0.2) is 0 Å². The molecule has 0 saturated heterocycles. The number of amides is 1. The predicted molar refractivity (Wildman–Crippen MR) is 72.1 cm³/mol. The van der Waals surface area contributed by atoms with Crippen LogP contribution in [0.3, 0.4) is 0 Å². The van der Waals surface area contributed by atoms with E-state index >= 15 is 0 Å². The number of nitrogens with one attached hydrogen (secondary N) is 1. The Morgan fingerprint density at radius 2 is 1.86 bits per heavy atom. The maximum absolute atomic E-state index is 13.8. The van der Waals surface area contributed by atoms with Crippen molar-refractivity contribution >= 4 is 12.1 Å². The first-order valence-corrected chi connectivity index (χ1v) is 6.97. The summed E-state index contributed by atoms with van der Waals surface area (Å²) < 4.78 is 37.1. The van der Waals surface area contributed by atoms with Gasteiger partial charge in [-0.25, -0.2) is 18.4 Å². The molecule has 1 N–H and O–H groups in total. The van der Waals surface area contributed by atoms with E-state index in [1.807, 2.05) is 0 Å². The van der Waals surface area contributed by atoms with Gasteiger partial charge in [0.2, 0.25) is 0 Å². The van der Waals surface area contributed by atoms with Crippen LogP contribution >= 0.6 is 0 Å². The Morgan fingerprint density at radius 1 is 1.29 bits per heavy atom. The molecule has 1 saturated carbocycles. The van der Waals surface area contributed by atoms with E-state index in [1.54, 1.807) is 20.8 Å². The largest absolute Gasteiger partial charge is 0.467 e. The van der Waals surface area contributed by atoms with Gasteiger partial charge in [0.05, 0.1) is 7.11 Å². The van der Waals surface area contributed by atoms with Crippen molar-refractivity contribution in [2.24, 2.45) is 5.92 Å². The quantitative estimate of drug-likeness (QED) is 0.766. The summed E-state index contributed by atoms with van der Waals surface area (Å²) in [5.41, 5.74) is -0.777. The second kappa shape index (κ2) is 6.58. The number of carbonyl (C=O) groups is 2. The first-order valence-electron chi connectivity index (χ1n) is 6.97. The Labute approximate surface area is 123 Å². The number of rotatable bonds is 6. The van der Waals surface area contributed by atoms with E-state index in [2.05, 4.69) is 10.1 Å². The summed E-state index contributed by atoms with van der Waals surface area (Å²) >= 11 is 0. The molecule has 1 atom stereocenters. The standard InChI is InChI=1S/C14H23F2NO4/c1-13(2,3)21-12(19)17-10(11(18)20-4)8-14(15,16)7-9-5-6-9/h9-10H,5-8H2,1-4H3,(H,17,19). The Kier molecular flexibility index (Phi) is 5.53. The van der Waals surface area contributed by atoms with Crippen molar-refractivity contribution in [2.45, 2.75) is 64.0 Å². The highest BCUT2D eigenvalue weighted by molar-refractivity contribution is 5.81. The average Bonchev–Trinajstić information content (AvgIpc) is 3.07. The lowest BCUT2D eigenvalue weighted by atomic mass is 10.0. The minimum atomic E-state index is -3.02. The summed E-state index contributed by atoms with van der Waals surface area (Å²) in [6, 6.07) is -1.42. The average molecular weight is 307 g/mol. The molecule has 122 valence electrons. The second-order valence-electron chi connectivity index (χ2n) is 6.43. The van der Waals surface area contributed by atoms with Gasteiger partial charge in [0.15, 0.2) is 0 Å². The number of halogens is 2. The van der Waals surface area contributed by atoms with Gasteiger partial charge < -0.3 is 14.8 Å². The van der Waals surface area contributed by atoms with E-state index in [0.29, 0.717) is 0 Å². The first-order chi connectivity index (χ1) is 9.52. The Balaban J connectivity index is 2.62. The van der Waals surface area contributed by atoms with Gasteiger partial charge in [0, 0.05) is 12.8 Å². The van der Waals surface area contributed by atoms with Crippen LogP contribution in [-0.4, -0.2) is 36.7 Å². The molecule has 1 aliphatic carbocycles. The van der Waals surface area contributed by atoms with Crippen LogP contribution in [0.1, 0.15) is 46.5 Å². The fraction of sp³-hybridized carbons (Fsp3) is 0.857. The molecule has 0 spiro atoms. The minimum absolute atomic E-state index is 0.0137. The molecule has 0 bridgehead atoms. The van der Waals surface area contributed by atoms with E-state index < -0.39 is 36.0 Å². The molecule has 0 aliphatic heterocycles. The number of carbonyl (C=O) groups excluding carboxylic acids is 2. The monoisotopic (exact) mass is 307 g/mol. The maximum Gasteiger partial charge on any atom is 0.408 e. The molecule has 7 heteroatoms. The fourth-order valence-corrected chi connectivity index (χ4v) is 1.91. The van der Waals surface area contributed by atoms with Crippen LogP contribution in [-0.2, 0) is 14.3 Å². The smallest absolute Gasteiger partial charge is 0.408 e. The molecular weight excluding hydrogens is 284 g/mol. The lowest BCUT2D eigenvalue weighted by molar-refractivity contribution is -0.146. The minimum Gasteiger partial charge on any atom is -0.467 e. The molecule has 0 aromatic rings. The number of hydrogen-bond donors (Lipinski definition) is 1. The molecule has 1 amide bonds. The van der Waals surface area contributed by atoms with Crippen molar-refractivity contribution in [3.05, 3.63) is 0 Å². The number of methoxy groups -OCH3 is 1. The highest BCUT2D eigenvalue weighted by atomic mass is 19.3. The molecule has 0 aromatic heterocycles. The normalized spacial score (nSPS) is 17.0. The van der Waals surface area contributed by atoms with Crippen LogP contribution in [0.2, 0.25) is 0 Å². The Bertz CT molecular complexity index is 389. The number of esters is 1. The van der Waals surface area contributed by atoms with Crippen molar-refractivity contribution in [1.29, 1.82) is 0 Å². The van der Waals surface area contributed by atoms with Gasteiger partial charge >= 0.3 is 12.1 Å². The van der Waals surface area contributed by atoms with Crippen LogP contribution in [0, 0.1) is 5.92 Å². The van der Waals surface area contributed by atoms with Gasteiger partial charge in [-0.3, -0.25) is 0 Å². The highest BCUT2D eigenvalue weighted by Crippen LogP contribution is 2.40. The third-order valence-electron chi connectivity index (χ3n) is 2.96. The van der Waals surface area contributed by atoms with Gasteiger partial charge in [0.1, 0.15) is 11.6 Å². The zero-order chi connectivity index (χ0) is 16.3. The topological polar surface area (TPSA) is 64.6 Å². The molecule has 5 nitrogen and oxygen atoms in total. The van der Waals surface area contributed by atoms with Crippen molar-refractivity contribution < 1.29 is 27.8 Å². The van der Waals surface area contributed by atoms with Crippen LogP contribution in [0.25, 0.3) is 0 Å². The van der Waals surface area contributed by atoms with Crippen molar-refractivity contribution in [3.8, 4) is 0 Å². The molecule has 0 heterocycles.